The summed E-state index contributed by atoms with van der Waals surface area (Å²) in [7, 11) is -3.54. The number of benzene rings is 1. The lowest BCUT2D eigenvalue weighted by atomic mass is 10.2. The van der Waals surface area contributed by atoms with Crippen molar-refractivity contribution in [2.75, 3.05) is 13.1 Å². The Morgan fingerprint density at radius 2 is 2.05 bits per heavy atom. The number of fused-ring (bicyclic) bond motifs is 1. The Kier molecular flexibility index (Phi) is 4.95. The average Bonchev–Trinajstić information content (AvgIpc) is 2.73. The maximum Gasteiger partial charge on any atom is 0.263 e. The fourth-order valence-electron chi connectivity index (χ4n) is 2.06. The summed E-state index contributed by atoms with van der Waals surface area (Å²) < 4.78 is 26.1. The van der Waals surface area contributed by atoms with Crippen LogP contribution in [0, 0.1) is 0 Å². The van der Waals surface area contributed by atoms with E-state index in [9.17, 15) is 13.2 Å². The quantitative estimate of drug-likeness (QED) is 0.769. The first-order chi connectivity index (χ1) is 10.0. The van der Waals surface area contributed by atoms with Gasteiger partial charge in [-0.1, -0.05) is 31.9 Å². The van der Waals surface area contributed by atoms with Crippen molar-refractivity contribution in [2.24, 2.45) is 4.99 Å². The van der Waals surface area contributed by atoms with Crippen LogP contribution in [-0.2, 0) is 14.8 Å². The highest BCUT2D eigenvalue weighted by molar-refractivity contribution is 7.90. The van der Waals surface area contributed by atoms with Gasteiger partial charge in [0.2, 0.25) is 5.91 Å². The molecule has 0 spiro atoms. The molecule has 2 N–H and O–H groups in total. The number of aliphatic imine (C=N–C) groups is 1. The van der Waals surface area contributed by atoms with Gasteiger partial charge in [-0.3, -0.25) is 14.5 Å². The van der Waals surface area contributed by atoms with E-state index in [0.717, 1.165) is 19.3 Å². The summed E-state index contributed by atoms with van der Waals surface area (Å²) in [4.78, 5) is 15.9. The number of amidine groups is 1. The van der Waals surface area contributed by atoms with Gasteiger partial charge in [-0.25, -0.2) is 8.42 Å². The van der Waals surface area contributed by atoms with Crippen molar-refractivity contribution in [1.82, 2.24) is 10.0 Å². The van der Waals surface area contributed by atoms with Gasteiger partial charge in [0.1, 0.15) is 12.4 Å². The van der Waals surface area contributed by atoms with Gasteiger partial charge in [-0.2, -0.15) is 0 Å². The van der Waals surface area contributed by atoms with E-state index < -0.39 is 10.0 Å². The van der Waals surface area contributed by atoms with E-state index in [0.29, 0.717) is 12.1 Å². The van der Waals surface area contributed by atoms with Crippen molar-refractivity contribution in [1.29, 1.82) is 0 Å². The van der Waals surface area contributed by atoms with Crippen molar-refractivity contribution in [3.8, 4) is 0 Å². The van der Waals surface area contributed by atoms with Gasteiger partial charge in [0, 0.05) is 12.1 Å². The normalized spacial score (nSPS) is 17.3. The molecular weight excluding hydrogens is 290 g/mol. The summed E-state index contributed by atoms with van der Waals surface area (Å²) in [6.07, 6.45) is 3.10. The van der Waals surface area contributed by atoms with Crippen LogP contribution in [-0.4, -0.2) is 33.3 Å². The summed E-state index contributed by atoms with van der Waals surface area (Å²) in [6.45, 7) is 2.63. The highest BCUT2D eigenvalue weighted by Crippen LogP contribution is 2.21. The van der Waals surface area contributed by atoms with Gasteiger partial charge in [0.05, 0.1) is 4.90 Å². The first-order valence-corrected chi connectivity index (χ1v) is 8.46. The Morgan fingerprint density at radius 3 is 2.81 bits per heavy atom. The number of hydrogen-bond acceptors (Lipinski definition) is 4. The van der Waals surface area contributed by atoms with E-state index in [1.54, 1.807) is 18.2 Å². The van der Waals surface area contributed by atoms with E-state index in [-0.39, 0.29) is 23.2 Å². The van der Waals surface area contributed by atoms with E-state index in [2.05, 4.69) is 22.0 Å². The van der Waals surface area contributed by atoms with Crippen LogP contribution in [0.15, 0.2) is 34.2 Å². The van der Waals surface area contributed by atoms with Crippen LogP contribution >= 0.6 is 0 Å². The first-order valence-electron chi connectivity index (χ1n) is 6.98. The van der Waals surface area contributed by atoms with Gasteiger partial charge >= 0.3 is 0 Å². The van der Waals surface area contributed by atoms with Crippen LogP contribution in [0.3, 0.4) is 0 Å². The molecule has 1 aliphatic heterocycles. The molecule has 0 saturated carbocycles. The van der Waals surface area contributed by atoms with Crippen molar-refractivity contribution in [3.63, 3.8) is 0 Å². The lowest BCUT2D eigenvalue weighted by Crippen LogP contribution is -2.29. The summed E-state index contributed by atoms with van der Waals surface area (Å²) in [5.41, 5.74) is 0.510. The molecule has 7 heteroatoms. The third kappa shape index (κ3) is 3.81. The van der Waals surface area contributed by atoms with Crippen molar-refractivity contribution in [2.45, 2.75) is 31.1 Å². The molecule has 0 fully saturated rings. The molecule has 0 unspecified atom stereocenters. The summed E-state index contributed by atoms with van der Waals surface area (Å²) in [5, 5.41) is 2.76. The molecule has 1 aromatic rings. The number of amides is 1. The van der Waals surface area contributed by atoms with Gasteiger partial charge < -0.3 is 5.32 Å². The van der Waals surface area contributed by atoms with E-state index in [1.165, 1.54) is 6.07 Å². The van der Waals surface area contributed by atoms with Crippen LogP contribution in [0.5, 0.6) is 0 Å². The molecule has 0 aromatic heterocycles. The molecule has 0 aliphatic carbocycles. The number of carbonyl (C=O) groups is 1. The Labute approximate surface area is 124 Å². The molecule has 1 aromatic carbocycles. The molecule has 0 atom stereocenters. The van der Waals surface area contributed by atoms with E-state index in [1.807, 2.05) is 0 Å². The predicted octanol–water partition coefficient (Wildman–Crippen LogP) is 1.03. The topological polar surface area (TPSA) is 87.6 Å². The van der Waals surface area contributed by atoms with Gasteiger partial charge in [0.25, 0.3) is 10.0 Å². The van der Waals surface area contributed by atoms with E-state index in [4.69, 9.17) is 0 Å². The van der Waals surface area contributed by atoms with Crippen LogP contribution < -0.4 is 10.0 Å². The number of sulfonamides is 1. The van der Waals surface area contributed by atoms with Gasteiger partial charge in [-0.05, 0) is 18.6 Å². The second kappa shape index (κ2) is 6.71. The fraction of sp³-hybridized carbons (Fsp3) is 0.429. The molecule has 0 saturated heterocycles. The number of hydrogen-bond donors (Lipinski definition) is 2. The fourth-order valence-corrected chi connectivity index (χ4v) is 3.31. The zero-order chi connectivity index (χ0) is 15.3. The second-order valence-electron chi connectivity index (χ2n) is 4.82. The number of nitrogens with zero attached hydrogens (tertiary/aromatic N) is 1. The molecule has 1 amide bonds. The van der Waals surface area contributed by atoms with Gasteiger partial charge in [0.15, 0.2) is 0 Å². The van der Waals surface area contributed by atoms with E-state index >= 15 is 0 Å². The Bertz CT molecular complexity index is 653. The number of unbranched alkanes of at least 4 members (excludes halogenated alkanes) is 2. The van der Waals surface area contributed by atoms with Gasteiger partial charge in [-0.15, -0.1) is 0 Å². The largest absolute Gasteiger partial charge is 0.354 e. The van der Waals surface area contributed by atoms with Crippen molar-refractivity contribution >= 4 is 21.8 Å². The SMILES string of the molecule is CCCCCNC(=O)CN=C1NS(=O)(=O)c2ccccc21. The zero-order valence-electron chi connectivity index (χ0n) is 11.9. The van der Waals surface area contributed by atoms with Crippen LogP contribution in [0.1, 0.15) is 31.7 Å². The van der Waals surface area contributed by atoms with Crippen molar-refractivity contribution in [3.05, 3.63) is 29.8 Å². The summed E-state index contributed by atoms with van der Waals surface area (Å²) in [5.74, 6) is 0.0245. The average molecular weight is 309 g/mol. The molecule has 2 rings (SSSR count). The maximum atomic E-state index is 11.9. The van der Waals surface area contributed by atoms with Crippen LogP contribution in [0.2, 0.25) is 0 Å². The zero-order valence-corrected chi connectivity index (χ0v) is 12.7. The maximum absolute atomic E-state index is 11.9. The smallest absolute Gasteiger partial charge is 0.263 e. The molecule has 21 heavy (non-hydrogen) atoms. The molecule has 1 heterocycles. The molecule has 1 aliphatic rings. The lowest BCUT2D eigenvalue weighted by molar-refractivity contribution is -0.119. The number of nitrogens with one attached hydrogen (secondary N) is 2. The third-order valence-corrected chi connectivity index (χ3v) is 4.54. The predicted molar refractivity (Wildman–Crippen MR) is 80.7 cm³/mol. The minimum atomic E-state index is -3.54. The Morgan fingerprint density at radius 1 is 1.29 bits per heavy atom. The monoisotopic (exact) mass is 309 g/mol. The minimum Gasteiger partial charge on any atom is -0.354 e. The lowest BCUT2D eigenvalue weighted by Gasteiger charge is -2.03. The molecular formula is C14H19N3O3S. The molecule has 0 bridgehead atoms. The third-order valence-electron chi connectivity index (χ3n) is 3.15. The highest BCUT2D eigenvalue weighted by atomic mass is 32.2. The summed E-state index contributed by atoms with van der Waals surface area (Å²) >= 11 is 0. The van der Waals surface area contributed by atoms with Crippen LogP contribution in [0.25, 0.3) is 0 Å². The second-order valence-corrected chi connectivity index (χ2v) is 6.47. The Balaban J connectivity index is 1.99. The summed E-state index contributed by atoms with van der Waals surface area (Å²) in [6, 6.07) is 6.58. The van der Waals surface area contributed by atoms with Crippen molar-refractivity contribution < 1.29 is 13.2 Å². The minimum absolute atomic E-state index is 0.0850. The standard InChI is InChI=1S/C14H19N3O3S/c1-2-3-6-9-15-13(18)10-16-14-11-7-4-5-8-12(11)21(19,20)17-14/h4-5,7-8H,2-3,6,9-10H2,1H3,(H,15,18)(H,16,17). The number of rotatable bonds is 6. The Hall–Kier alpha value is -1.89. The van der Waals surface area contributed by atoms with Crippen LogP contribution in [0.4, 0.5) is 0 Å². The molecule has 0 radical (unpaired) electrons. The highest BCUT2D eigenvalue weighted by Gasteiger charge is 2.30. The molecule has 6 nitrogen and oxygen atoms in total. The molecule has 114 valence electrons. The first kappa shape index (κ1) is 15.5. The number of carbonyl (C=O) groups excluding carboxylic acids is 1.